The summed E-state index contributed by atoms with van der Waals surface area (Å²) in [6.45, 7) is 2.45. The van der Waals surface area contributed by atoms with Gasteiger partial charge in [-0.1, -0.05) is 43.7 Å². The Morgan fingerprint density at radius 2 is 1.84 bits per heavy atom. The standard InChI is InChI=1S/C22H21N5O4S/c1-2-3-13-25(32(30)31)19-9-7-16(8-10-19)17-5-4-6-18(14-17)20-11-12-23-22-21(27(28)29)15-24-26(20)22/h4-12,14-15H,2-3,13H2,1H3,(H,30,31)/p-1. The Hall–Kier alpha value is -3.63. The van der Waals surface area contributed by atoms with Gasteiger partial charge in [0.05, 0.1) is 10.6 Å². The van der Waals surface area contributed by atoms with Crippen molar-refractivity contribution in [2.24, 2.45) is 0 Å². The Kier molecular flexibility index (Phi) is 6.24. The molecular formula is C22H20N5O4S-. The summed E-state index contributed by atoms with van der Waals surface area (Å²) >= 11 is -2.33. The van der Waals surface area contributed by atoms with Crippen molar-refractivity contribution in [1.29, 1.82) is 0 Å². The Morgan fingerprint density at radius 3 is 2.53 bits per heavy atom. The lowest BCUT2D eigenvalue weighted by Gasteiger charge is -2.26. The molecule has 2 heterocycles. The molecule has 4 aromatic rings. The van der Waals surface area contributed by atoms with E-state index in [1.54, 1.807) is 18.2 Å². The lowest BCUT2D eigenvalue weighted by molar-refractivity contribution is -0.383. The van der Waals surface area contributed by atoms with Crippen LogP contribution in [-0.4, -0.2) is 34.8 Å². The molecule has 2 aromatic carbocycles. The lowest BCUT2D eigenvalue weighted by Crippen LogP contribution is -2.26. The number of anilines is 1. The van der Waals surface area contributed by atoms with E-state index in [9.17, 15) is 18.9 Å². The fraction of sp³-hybridized carbons (Fsp3) is 0.182. The molecule has 0 bridgehead atoms. The van der Waals surface area contributed by atoms with Gasteiger partial charge >= 0.3 is 5.69 Å². The van der Waals surface area contributed by atoms with Gasteiger partial charge in [0.15, 0.2) is 0 Å². The highest BCUT2D eigenvalue weighted by Gasteiger charge is 2.18. The molecule has 0 radical (unpaired) electrons. The molecule has 0 aliphatic heterocycles. The van der Waals surface area contributed by atoms with Gasteiger partial charge in [0.2, 0.25) is 5.65 Å². The first-order valence-electron chi connectivity index (χ1n) is 10.0. The maximum atomic E-state index is 11.6. The summed E-state index contributed by atoms with van der Waals surface area (Å²) in [5, 5.41) is 15.3. The molecule has 32 heavy (non-hydrogen) atoms. The molecule has 0 fully saturated rings. The average Bonchev–Trinajstić information content (AvgIpc) is 3.24. The van der Waals surface area contributed by atoms with E-state index in [0.717, 1.165) is 29.5 Å². The maximum absolute atomic E-state index is 11.6. The second kappa shape index (κ2) is 9.25. The summed E-state index contributed by atoms with van der Waals surface area (Å²) in [5.41, 5.74) is 3.98. The summed E-state index contributed by atoms with van der Waals surface area (Å²) in [4.78, 5) is 14.8. The highest BCUT2D eigenvalue weighted by molar-refractivity contribution is 7.80. The molecule has 0 amide bonds. The molecule has 1 unspecified atom stereocenters. The number of rotatable bonds is 8. The van der Waals surface area contributed by atoms with Crippen molar-refractivity contribution in [1.82, 2.24) is 14.6 Å². The fourth-order valence-corrected chi connectivity index (χ4v) is 4.07. The predicted molar refractivity (Wildman–Crippen MR) is 122 cm³/mol. The maximum Gasteiger partial charge on any atom is 0.333 e. The van der Waals surface area contributed by atoms with Crippen LogP contribution in [0.4, 0.5) is 11.4 Å². The van der Waals surface area contributed by atoms with E-state index in [1.807, 2.05) is 43.3 Å². The molecule has 10 heteroatoms. The number of aromatic nitrogens is 3. The summed E-state index contributed by atoms with van der Waals surface area (Å²) < 4.78 is 26.0. The van der Waals surface area contributed by atoms with E-state index in [-0.39, 0.29) is 11.3 Å². The van der Waals surface area contributed by atoms with Gasteiger partial charge in [-0.3, -0.25) is 14.3 Å². The molecule has 0 aliphatic carbocycles. The number of fused-ring (bicyclic) bond motifs is 1. The second-order valence-electron chi connectivity index (χ2n) is 7.15. The normalized spacial score (nSPS) is 12.1. The monoisotopic (exact) mass is 450 g/mol. The third-order valence-corrected chi connectivity index (χ3v) is 5.87. The summed E-state index contributed by atoms with van der Waals surface area (Å²) in [7, 11) is 0. The van der Waals surface area contributed by atoms with E-state index in [1.165, 1.54) is 21.2 Å². The Balaban J connectivity index is 1.68. The zero-order valence-corrected chi connectivity index (χ0v) is 18.1. The quantitative estimate of drug-likeness (QED) is 0.223. The average molecular weight is 451 g/mol. The highest BCUT2D eigenvalue weighted by atomic mass is 32.2. The first kappa shape index (κ1) is 21.6. The second-order valence-corrected chi connectivity index (χ2v) is 8.03. The van der Waals surface area contributed by atoms with Crippen LogP contribution in [0.25, 0.3) is 28.0 Å². The van der Waals surface area contributed by atoms with Gasteiger partial charge in [0.25, 0.3) is 0 Å². The van der Waals surface area contributed by atoms with E-state index < -0.39 is 16.2 Å². The van der Waals surface area contributed by atoms with Crippen molar-refractivity contribution in [2.45, 2.75) is 19.8 Å². The third-order valence-electron chi connectivity index (χ3n) is 5.12. The van der Waals surface area contributed by atoms with Crippen molar-refractivity contribution in [3.8, 4) is 22.4 Å². The minimum absolute atomic E-state index is 0.151. The highest BCUT2D eigenvalue weighted by Crippen LogP contribution is 2.29. The number of hydrogen-bond donors (Lipinski definition) is 0. The Morgan fingerprint density at radius 1 is 1.09 bits per heavy atom. The molecule has 0 spiro atoms. The van der Waals surface area contributed by atoms with Crippen LogP contribution in [0.15, 0.2) is 67.0 Å². The topological polar surface area (TPSA) is 117 Å². The van der Waals surface area contributed by atoms with Crippen LogP contribution in [0.5, 0.6) is 0 Å². The Labute approximate surface area is 186 Å². The van der Waals surface area contributed by atoms with Gasteiger partial charge in [-0.25, -0.2) is 9.50 Å². The number of nitro groups is 1. The molecule has 0 N–H and O–H groups in total. The van der Waals surface area contributed by atoms with Crippen LogP contribution in [0, 0.1) is 10.1 Å². The van der Waals surface area contributed by atoms with Crippen LogP contribution < -0.4 is 4.31 Å². The predicted octanol–water partition coefficient (Wildman–Crippen LogP) is 4.37. The number of unbranched alkanes of at least 4 members (excludes halogenated alkanes) is 1. The first-order valence-corrected chi connectivity index (χ1v) is 11.1. The van der Waals surface area contributed by atoms with Gasteiger partial charge in [-0.05, 0) is 41.8 Å². The summed E-state index contributed by atoms with van der Waals surface area (Å²) in [6.07, 6.45) is 4.40. The summed E-state index contributed by atoms with van der Waals surface area (Å²) in [5.74, 6) is 0. The van der Waals surface area contributed by atoms with E-state index in [2.05, 4.69) is 10.1 Å². The van der Waals surface area contributed by atoms with Gasteiger partial charge < -0.3 is 8.86 Å². The van der Waals surface area contributed by atoms with Crippen LogP contribution in [-0.2, 0) is 11.3 Å². The first-order chi connectivity index (χ1) is 15.5. The molecule has 1 atom stereocenters. The molecule has 164 valence electrons. The Bertz CT molecular complexity index is 1290. The largest absolute Gasteiger partial charge is 0.755 e. The minimum atomic E-state index is -2.33. The van der Waals surface area contributed by atoms with Crippen LogP contribution in [0.1, 0.15) is 19.8 Å². The SMILES string of the molecule is CCCCN(c1ccc(-c2cccc(-c3ccnc4c([N+](=O)[O-])cnn34)c2)cc1)S(=O)[O-]. The number of benzene rings is 2. The molecule has 0 aliphatic rings. The van der Waals surface area contributed by atoms with Crippen molar-refractivity contribution in [3.05, 3.63) is 77.1 Å². The fourth-order valence-electron chi connectivity index (χ4n) is 3.50. The van der Waals surface area contributed by atoms with Crippen molar-refractivity contribution in [3.63, 3.8) is 0 Å². The lowest BCUT2D eigenvalue weighted by atomic mass is 10.0. The van der Waals surface area contributed by atoms with Gasteiger partial charge in [-0.2, -0.15) is 5.10 Å². The van der Waals surface area contributed by atoms with Crippen LogP contribution in [0.3, 0.4) is 0 Å². The molecule has 0 saturated heterocycles. The molecular weight excluding hydrogens is 430 g/mol. The minimum Gasteiger partial charge on any atom is -0.755 e. The van der Waals surface area contributed by atoms with Crippen molar-refractivity contribution >= 4 is 28.3 Å². The number of hydrogen-bond acceptors (Lipinski definition) is 6. The summed E-state index contributed by atoms with van der Waals surface area (Å²) in [6, 6.07) is 16.8. The van der Waals surface area contributed by atoms with E-state index in [4.69, 9.17) is 0 Å². The van der Waals surface area contributed by atoms with Gasteiger partial charge in [0, 0.05) is 35.3 Å². The van der Waals surface area contributed by atoms with Crippen molar-refractivity contribution in [2.75, 3.05) is 10.8 Å². The zero-order chi connectivity index (χ0) is 22.7. The number of nitrogens with zero attached hydrogens (tertiary/aromatic N) is 5. The smallest absolute Gasteiger partial charge is 0.333 e. The molecule has 2 aromatic heterocycles. The van der Waals surface area contributed by atoms with Gasteiger partial charge in [0.1, 0.15) is 6.20 Å². The molecule has 9 nitrogen and oxygen atoms in total. The zero-order valence-electron chi connectivity index (χ0n) is 17.2. The van der Waals surface area contributed by atoms with Crippen LogP contribution in [0.2, 0.25) is 0 Å². The third kappa shape index (κ3) is 4.23. The van der Waals surface area contributed by atoms with E-state index >= 15 is 0 Å². The van der Waals surface area contributed by atoms with Crippen LogP contribution >= 0.6 is 0 Å². The molecule has 0 saturated carbocycles. The molecule has 4 rings (SSSR count). The van der Waals surface area contributed by atoms with Crippen molar-refractivity contribution < 1.29 is 13.7 Å². The van der Waals surface area contributed by atoms with E-state index in [0.29, 0.717) is 17.9 Å². The van der Waals surface area contributed by atoms with Gasteiger partial charge in [-0.15, -0.1) is 0 Å².